The number of carbonyl (C=O) groups is 2. The van der Waals surface area contributed by atoms with Gasteiger partial charge in [-0.15, -0.1) is 0 Å². The van der Waals surface area contributed by atoms with E-state index in [9.17, 15) is 9.59 Å². The highest BCUT2D eigenvalue weighted by Gasteiger charge is 2.21. The van der Waals surface area contributed by atoms with Gasteiger partial charge in [0.25, 0.3) is 0 Å². The maximum atomic E-state index is 11.8. The van der Waals surface area contributed by atoms with E-state index in [4.69, 9.17) is 14.9 Å². The summed E-state index contributed by atoms with van der Waals surface area (Å²) in [5.74, 6) is 0.265. The molecule has 1 aromatic heterocycles. The van der Waals surface area contributed by atoms with Crippen LogP contribution in [0.3, 0.4) is 0 Å². The summed E-state index contributed by atoms with van der Waals surface area (Å²) in [5.41, 5.74) is 5.54. The molecule has 116 valence electrons. The molecule has 0 radical (unpaired) electrons. The number of hydrogen-bond donors (Lipinski definition) is 3. The van der Waals surface area contributed by atoms with Gasteiger partial charge < -0.3 is 20.2 Å². The first-order valence-electron chi connectivity index (χ1n) is 6.81. The fraction of sp³-hybridized carbons (Fsp3) is 0.538. The van der Waals surface area contributed by atoms with Gasteiger partial charge in [-0.2, -0.15) is 0 Å². The van der Waals surface area contributed by atoms with E-state index < -0.39 is 6.03 Å². The van der Waals surface area contributed by atoms with Crippen molar-refractivity contribution in [2.75, 3.05) is 32.8 Å². The van der Waals surface area contributed by atoms with Gasteiger partial charge in [-0.3, -0.25) is 15.0 Å². The molecule has 3 amide bonds. The Balaban J connectivity index is 1.67. The first kappa shape index (κ1) is 15.5. The van der Waals surface area contributed by atoms with Crippen LogP contribution in [0.1, 0.15) is 5.76 Å². The monoisotopic (exact) mass is 296 g/mol. The fourth-order valence-electron chi connectivity index (χ4n) is 2.06. The average molecular weight is 296 g/mol. The number of ether oxygens (including phenoxy) is 1. The quantitative estimate of drug-likeness (QED) is 0.660. The van der Waals surface area contributed by atoms with Crippen LogP contribution in [0.25, 0.3) is 0 Å². The summed E-state index contributed by atoms with van der Waals surface area (Å²) in [5, 5.41) is 4.82. The number of rotatable bonds is 5. The van der Waals surface area contributed by atoms with Gasteiger partial charge in [-0.05, 0) is 12.1 Å². The van der Waals surface area contributed by atoms with Crippen LogP contribution in [0.5, 0.6) is 0 Å². The molecule has 2 heterocycles. The van der Waals surface area contributed by atoms with Gasteiger partial charge in [-0.1, -0.05) is 0 Å². The second-order valence-electron chi connectivity index (χ2n) is 4.77. The highest BCUT2D eigenvalue weighted by Crippen LogP contribution is 2.03. The Morgan fingerprint density at radius 2 is 2.33 bits per heavy atom. The molecule has 1 saturated heterocycles. The summed E-state index contributed by atoms with van der Waals surface area (Å²) in [4.78, 5) is 25.2. The Bertz CT molecular complexity index is 463. The van der Waals surface area contributed by atoms with Crippen molar-refractivity contribution < 1.29 is 18.7 Å². The molecule has 1 unspecified atom stereocenters. The van der Waals surface area contributed by atoms with E-state index in [0.29, 0.717) is 32.0 Å². The lowest BCUT2D eigenvalue weighted by atomic mass is 10.2. The van der Waals surface area contributed by atoms with Crippen LogP contribution in [0.4, 0.5) is 4.79 Å². The van der Waals surface area contributed by atoms with Gasteiger partial charge in [0.2, 0.25) is 5.91 Å². The molecular weight excluding hydrogens is 276 g/mol. The van der Waals surface area contributed by atoms with E-state index in [2.05, 4.69) is 10.6 Å². The Morgan fingerprint density at radius 1 is 1.48 bits per heavy atom. The predicted molar refractivity (Wildman–Crippen MR) is 74.3 cm³/mol. The summed E-state index contributed by atoms with van der Waals surface area (Å²) in [6, 6.07) is 2.93. The van der Waals surface area contributed by atoms with E-state index in [-0.39, 0.29) is 25.1 Å². The second-order valence-corrected chi connectivity index (χ2v) is 4.77. The molecule has 0 bridgehead atoms. The van der Waals surface area contributed by atoms with Gasteiger partial charge in [0.05, 0.1) is 32.1 Å². The molecule has 1 fully saturated rings. The number of urea groups is 1. The third-order valence-corrected chi connectivity index (χ3v) is 3.11. The van der Waals surface area contributed by atoms with Gasteiger partial charge in [-0.25, -0.2) is 4.79 Å². The SMILES string of the molecule is NCC1CN(CC(=O)NC(=O)NCc2ccco2)CCO1. The molecule has 1 aliphatic heterocycles. The lowest BCUT2D eigenvalue weighted by Gasteiger charge is -2.31. The predicted octanol–water partition coefficient (Wildman–Crippen LogP) is -0.735. The maximum Gasteiger partial charge on any atom is 0.321 e. The molecule has 1 atom stereocenters. The summed E-state index contributed by atoms with van der Waals surface area (Å²) in [6.07, 6.45) is 1.46. The molecule has 8 nitrogen and oxygen atoms in total. The highest BCUT2D eigenvalue weighted by molar-refractivity contribution is 5.95. The van der Waals surface area contributed by atoms with E-state index in [1.54, 1.807) is 12.1 Å². The maximum absolute atomic E-state index is 11.8. The van der Waals surface area contributed by atoms with Crippen LogP contribution in [-0.4, -0.2) is 55.7 Å². The van der Waals surface area contributed by atoms with E-state index in [1.165, 1.54) is 6.26 Å². The molecule has 1 aliphatic rings. The van der Waals surface area contributed by atoms with E-state index in [1.807, 2.05) is 4.90 Å². The molecule has 0 saturated carbocycles. The lowest BCUT2D eigenvalue weighted by molar-refractivity contribution is -0.123. The van der Waals surface area contributed by atoms with Gasteiger partial charge in [0.1, 0.15) is 5.76 Å². The molecule has 0 spiro atoms. The molecule has 0 aliphatic carbocycles. The normalized spacial score (nSPS) is 19.2. The number of furan rings is 1. The molecular formula is C13H20N4O4. The molecule has 0 aromatic carbocycles. The van der Waals surface area contributed by atoms with Crippen molar-refractivity contribution in [2.45, 2.75) is 12.6 Å². The number of morpholine rings is 1. The van der Waals surface area contributed by atoms with Crippen molar-refractivity contribution in [1.29, 1.82) is 0 Å². The van der Waals surface area contributed by atoms with Gasteiger partial charge in [0.15, 0.2) is 0 Å². The molecule has 1 aromatic rings. The first-order valence-corrected chi connectivity index (χ1v) is 6.81. The topological polar surface area (TPSA) is 110 Å². The zero-order valence-electron chi connectivity index (χ0n) is 11.7. The van der Waals surface area contributed by atoms with Crippen molar-refractivity contribution in [3.63, 3.8) is 0 Å². The minimum Gasteiger partial charge on any atom is -0.467 e. The van der Waals surface area contributed by atoms with Crippen LogP contribution in [-0.2, 0) is 16.1 Å². The first-order chi connectivity index (χ1) is 10.2. The number of imide groups is 1. The van der Waals surface area contributed by atoms with Crippen molar-refractivity contribution in [2.24, 2.45) is 5.73 Å². The molecule has 4 N–H and O–H groups in total. The van der Waals surface area contributed by atoms with Crippen molar-refractivity contribution >= 4 is 11.9 Å². The van der Waals surface area contributed by atoms with E-state index in [0.717, 1.165) is 0 Å². The second kappa shape index (κ2) is 7.77. The summed E-state index contributed by atoms with van der Waals surface area (Å²) in [6.45, 7) is 2.59. The lowest BCUT2D eigenvalue weighted by Crippen LogP contribution is -2.50. The minimum atomic E-state index is -0.542. The molecule has 8 heteroatoms. The van der Waals surface area contributed by atoms with Crippen LogP contribution < -0.4 is 16.4 Å². The van der Waals surface area contributed by atoms with Crippen molar-refractivity contribution in [3.8, 4) is 0 Å². The van der Waals surface area contributed by atoms with E-state index >= 15 is 0 Å². The van der Waals surface area contributed by atoms with Gasteiger partial charge in [0, 0.05) is 19.6 Å². The van der Waals surface area contributed by atoms with Crippen LogP contribution >= 0.6 is 0 Å². The van der Waals surface area contributed by atoms with Crippen LogP contribution in [0, 0.1) is 0 Å². The summed E-state index contributed by atoms with van der Waals surface area (Å²) in [7, 11) is 0. The zero-order valence-corrected chi connectivity index (χ0v) is 11.7. The standard InChI is InChI=1S/C13H20N4O4/c14-6-11-8-17(3-5-21-11)9-12(18)16-13(19)15-7-10-2-1-4-20-10/h1-2,4,11H,3,5-9,14H2,(H2,15,16,18,19). The van der Waals surface area contributed by atoms with Crippen molar-refractivity contribution in [1.82, 2.24) is 15.5 Å². The number of nitrogens with one attached hydrogen (secondary N) is 2. The molecule has 2 rings (SSSR count). The molecule has 21 heavy (non-hydrogen) atoms. The largest absolute Gasteiger partial charge is 0.467 e. The third kappa shape index (κ3) is 5.18. The Kier molecular flexibility index (Phi) is 5.73. The third-order valence-electron chi connectivity index (χ3n) is 3.11. The fourth-order valence-corrected chi connectivity index (χ4v) is 2.06. The van der Waals surface area contributed by atoms with Crippen LogP contribution in [0.15, 0.2) is 22.8 Å². The Hall–Kier alpha value is -1.90. The number of amides is 3. The van der Waals surface area contributed by atoms with Crippen LogP contribution in [0.2, 0.25) is 0 Å². The minimum absolute atomic E-state index is 0.0562. The Labute approximate surface area is 122 Å². The van der Waals surface area contributed by atoms with Gasteiger partial charge >= 0.3 is 6.03 Å². The average Bonchev–Trinajstić information content (AvgIpc) is 2.98. The number of nitrogens with two attached hydrogens (primary N) is 1. The Morgan fingerprint density at radius 3 is 3.05 bits per heavy atom. The number of nitrogens with zero attached hydrogens (tertiary/aromatic N) is 1. The summed E-state index contributed by atoms with van der Waals surface area (Å²) < 4.78 is 10.5. The number of carbonyl (C=O) groups excluding carboxylic acids is 2. The van der Waals surface area contributed by atoms with Crippen molar-refractivity contribution in [3.05, 3.63) is 24.2 Å². The highest BCUT2D eigenvalue weighted by atomic mass is 16.5. The zero-order chi connectivity index (χ0) is 15.1. The number of hydrogen-bond acceptors (Lipinski definition) is 6. The summed E-state index contributed by atoms with van der Waals surface area (Å²) >= 11 is 0. The smallest absolute Gasteiger partial charge is 0.321 e.